The van der Waals surface area contributed by atoms with Crippen molar-refractivity contribution >= 4 is 21.9 Å². The molecule has 1 saturated carbocycles. The second-order valence-corrected chi connectivity index (χ2v) is 5.72. The van der Waals surface area contributed by atoms with E-state index in [9.17, 15) is 0 Å². The van der Waals surface area contributed by atoms with Gasteiger partial charge in [0, 0.05) is 22.9 Å². The highest BCUT2D eigenvalue weighted by atomic mass is 79.9. The zero-order valence-corrected chi connectivity index (χ0v) is 11.9. The van der Waals surface area contributed by atoms with E-state index in [1.807, 2.05) is 12.4 Å². The van der Waals surface area contributed by atoms with Crippen LogP contribution in [0.1, 0.15) is 31.4 Å². The van der Waals surface area contributed by atoms with Crippen LogP contribution in [0, 0.1) is 0 Å². The van der Waals surface area contributed by atoms with Gasteiger partial charge in [-0.25, -0.2) is 4.98 Å². The van der Waals surface area contributed by atoms with Gasteiger partial charge in [0.2, 0.25) is 5.95 Å². The van der Waals surface area contributed by atoms with Crippen molar-refractivity contribution in [3.05, 3.63) is 46.7 Å². The van der Waals surface area contributed by atoms with Gasteiger partial charge in [0.15, 0.2) is 0 Å². The lowest BCUT2D eigenvalue weighted by molar-refractivity contribution is 0.643. The third-order valence-electron chi connectivity index (χ3n) is 3.35. The number of hydrogen-bond acceptors (Lipinski definition) is 2. The van der Waals surface area contributed by atoms with Crippen LogP contribution >= 0.6 is 15.9 Å². The molecule has 1 N–H and O–H groups in total. The van der Waals surface area contributed by atoms with Crippen LogP contribution in [0.15, 0.2) is 41.1 Å². The van der Waals surface area contributed by atoms with Gasteiger partial charge < -0.3 is 9.88 Å². The maximum atomic E-state index is 4.40. The second-order valence-electron chi connectivity index (χ2n) is 4.80. The topological polar surface area (TPSA) is 29.9 Å². The molecule has 2 aromatic rings. The molecule has 0 saturated heterocycles. The minimum absolute atomic E-state index is 0.293. The molecule has 1 unspecified atom stereocenters. The SMILES string of the molecule is CC(c1ccc(Br)cc1)n1ccnc1NC1CC1. The molecule has 0 aliphatic heterocycles. The van der Waals surface area contributed by atoms with Crippen LogP contribution in [0.2, 0.25) is 0 Å². The fourth-order valence-corrected chi connectivity index (χ4v) is 2.31. The van der Waals surface area contributed by atoms with Crippen molar-refractivity contribution in [2.45, 2.75) is 31.8 Å². The van der Waals surface area contributed by atoms with Gasteiger partial charge >= 0.3 is 0 Å². The summed E-state index contributed by atoms with van der Waals surface area (Å²) in [6.07, 6.45) is 6.43. The van der Waals surface area contributed by atoms with E-state index in [0.717, 1.165) is 10.4 Å². The van der Waals surface area contributed by atoms with Crippen LogP contribution in [0.25, 0.3) is 0 Å². The first-order valence-electron chi connectivity index (χ1n) is 6.29. The quantitative estimate of drug-likeness (QED) is 0.930. The van der Waals surface area contributed by atoms with Crippen molar-refractivity contribution in [1.82, 2.24) is 9.55 Å². The van der Waals surface area contributed by atoms with E-state index in [4.69, 9.17) is 0 Å². The summed E-state index contributed by atoms with van der Waals surface area (Å²) in [4.78, 5) is 4.40. The van der Waals surface area contributed by atoms with E-state index in [1.54, 1.807) is 0 Å². The van der Waals surface area contributed by atoms with Gasteiger partial charge in [-0.3, -0.25) is 0 Å². The molecule has 1 atom stereocenters. The van der Waals surface area contributed by atoms with E-state index in [1.165, 1.54) is 18.4 Å². The maximum Gasteiger partial charge on any atom is 0.203 e. The predicted octanol–water partition coefficient (Wildman–Crippen LogP) is 3.83. The zero-order chi connectivity index (χ0) is 12.5. The fraction of sp³-hybridized carbons (Fsp3) is 0.357. The molecule has 18 heavy (non-hydrogen) atoms. The first kappa shape index (κ1) is 11.8. The Hall–Kier alpha value is -1.29. The summed E-state index contributed by atoms with van der Waals surface area (Å²) >= 11 is 3.47. The molecule has 3 rings (SSSR count). The molecular formula is C14H16BrN3. The standard InChI is InChI=1S/C14H16BrN3/c1-10(11-2-4-12(15)5-3-11)18-9-8-16-14(18)17-13-6-7-13/h2-5,8-10,13H,6-7H2,1H3,(H,16,17). The molecule has 0 amide bonds. The number of nitrogens with zero attached hydrogens (tertiary/aromatic N) is 2. The maximum absolute atomic E-state index is 4.40. The Morgan fingerprint density at radius 1 is 1.33 bits per heavy atom. The number of aromatic nitrogens is 2. The van der Waals surface area contributed by atoms with Gasteiger partial charge in [0.25, 0.3) is 0 Å². The van der Waals surface area contributed by atoms with Crippen molar-refractivity contribution in [1.29, 1.82) is 0 Å². The molecule has 3 nitrogen and oxygen atoms in total. The van der Waals surface area contributed by atoms with Gasteiger partial charge in [-0.2, -0.15) is 0 Å². The molecule has 0 radical (unpaired) electrons. The minimum Gasteiger partial charge on any atom is -0.353 e. The van der Waals surface area contributed by atoms with Crippen LogP contribution in [0.3, 0.4) is 0 Å². The lowest BCUT2D eigenvalue weighted by atomic mass is 10.1. The largest absolute Gasteiger partial charge is 0.353 e. The van der Waals surface area contributed by atoms with Gasteiger partial charge in [-0.15, -0.1) is 0 Å². The molecule has 4 heteroatoms. The van der Waals surface area contributed by atoms with E-state index < -0.39 is 0 Å². The van der Waals surface area contributed by atoms with Gasteiger partial charge in [-0.05, 0) is 37.5 Å². The number of hydrogen-bond donors (Lipinski definition) is 1. The van der Waals surface area contributed by atoms with E-state index in [-0.39, 0.29) is 0 Å². The first-order valence-corrected chi connectivity index (χ1v) is 7.08. The summed E-state index contributed by atoms with van der Waals surface area (Å²) in [6, 6.07) is 9.38. The second kappa shape index (κ2) is 4.76. The van der Waals surface area contributed by atoms with Crippen LogP contribution in [-0.4, -0.2) is 15.6 Å². The molecule has 1 aliphatic rings. The van der Waals surface area contributed by atoms with Crippen LogP contribution in [-0.2, 0) is 0 Å². The Balaban J connectivity index is 1.84. The van der Waals surface area contributed by atoms with E-state index >= 15 is 0 Å². The molecular weight excluding hydrogens is 290 g/mol. The van der Waals surface area contributed by atoms with Crippen molar-refractivity contribution in [2.75, 3.05) is 5.32 Å². The lowest BCUT2D eigenvalue weighted by Crippen LogP contribution is -2.12. The van der Waals surface area contributed by atoms with Crippen LogP contribution < -0.4 is 5.32 Å². The predicted molar refractivity (Wildman–Crippen MR) is 76.8 cm³/mol. The Labute approximate surface area is 115 Å². The highest BCUT2D eigenvalue weighted by Gasteiger charge is 2.23. The Morgan fingerprint density at radius 2 is 2.06 bits per heavy atom. The number of benzene rings is 1. The lowest BCUT2D eigenvalue weighted by Gasteiger charge is -2.17. The third-order valence-corrected chi connectivity index (χ3v) is 3.88. The number of anilines is 1. The van der Waals surface area contributed by atoms with E-state index in [0.29, 0.717) is 12.1 Å². The average Bonchev–Trinajstić information content (AvgIpc) is 3.06. The number of imidazole rings is 1. The highest BCUT2D eigenvalue weighted by Crippen LogP contribution is 2.27. The van der Waals surface area contributed by atoms with E-state index in [2.05, 4.69) is 62.0 Å². The summed E-state index contributed by atoms with van der Waals surface area (Å²) < 4.78 is 3.31. The molecule has 0 bridgehead atoms. The summed E-state index contributed by atoms with van der Waals surface area (Å²) in [5.74, 6) is 0.980. The number of halogens is 1. The Morgan fingerprint density at radius 3 is 2.72 bits per heavy atom. The third kappa shape index (κ3) is 2.43. The first-order chi connectivity index (χ1) is 8.74. The molecule has 0 spiro atoms. The van der Waals surface area contributed by atoms with Crippen molar-refractivity contribution in [3.8, 4) is 0 Å². The summed E-state index contributed by atoms with van der Waals surface area (Å²) in [6.45, 7) is 2.20. The monoisotopic (exact) mass is 305 g/mol. The molecule has 1 fully saturated rings. The van der Waals surface area contributed by atoms with Crippen LogP contribution in [0.5, 0.6) is 0 Å². The van der Waals surface area contributed by atoms with Gasteiger partial charge in [0.1, 0.15) is 0 Å². The summed E-state index contributed by atoms with van der Waals surface area (Å²) in [7, 11) is 0. The number of nitrogens with one attached hydrogen (secondary N) is 1. The molecule has 1 heterocycles. The number of rotatable bonds is 4. The Kier molecular flexibility index (Phi) is 3.12. The summed E-state index contributed by atoms with van der Waals surface area (Å²) in [5.41, 5.74) is 1.29. The van der Waals surface area contributed by atoms with Gasteiger partial charge in [-0.1, -0.05) is 28.1 Å². The molecule has 1 aliphatic carbocycles. The molecule has 1 aromatic heterocycles. The van der Waals surface area contributed by atoms with Crippen molar-refractivity contribution < 1.29 is 0 Å². The smallest absolute Gasteiger partial charge is 0.203 e. The minimum atomic E-state index is 0.293. The highest BCUT2D eigenvalue weighted by molar-refractivity contribution is 9.10. The van der Waals surface area contributed by atoms with Gasteiger partial charge in [0.05, 0.1) is 6.04 Å². The normalized spacial score (nSPS) is 16.6. The van der Waals surface area contributed by atoms with Crippen LogP contribution in [0.4, 0.5) is 5.95 Å². The fourth-order valence-electron chi connectivity index (χ4n) is 2.05. The molecule has 94 valence electrons. The molecule has 1 aromatic carbocycles. The Bertz CT molecular complexity index is 528. The van der Waals surface area contributed by atoms with Crippen molar-refractivity contribution in [3.63, 3.8) is 0 Å². The summed E-state index contributed by atoms with van der Waals surface area (Å²) in [5, 5.41) is 3.47. The zero-order valence-electron chi connectivity index (χ0n) is 10.3. The average molecular weight is 306 g/mol. The van der Waals surface area contributed by atoms with Crippen molar-refractivity contribution in [2.24, 2.45) is 0 Å².